The smallest absolute Gasteiger partial charge is 0.195 e. The van der Waals surface area contributed by atoms with Crippen LogP contribution in [0.4, 0.5) is 0 Å². The van der Waals surface area contributed by atoms with Crippen LogP contribution >= 0.6 is 11.8 Å². The fraction of sp³-hybridized carbons (Fsp3) is 0.176. The van der Waals surface area contributed by atoms with Crippen LogP contribution in [0.5, 0.6) is 0 Å². The topological polar surface area (TPSA) is 45.8 Å². The molecule has 2 heterocycles. The second-order valence-corrected chi connectivity index (χ2v) is 5.93. The third-order valence-corrected chi connectivity index (χ3v) is 4.33. The van der Waals surface area contributed by atoms with Crippen molar-refractivity contribution in [3.8, 4) is 0 Å². The van der Waals surface area contributed by atoms with Gasteiger partial charge in [0.2, 0.25) is 0 Å². The van der Waals surface area contributed by atoms with Gasteiger partial charge in [-0.15, -0.1) is 11.8 Å². The zero-order valence-corrected chi connectivity index (χ0v) is 13.0. The van der Waals surface area contributed by atoms with E-state index >= 15 is 0 Å². The minimum Gasteiger partial charge on any atom is -0.358 e. The first-order chi connectivity index (χ1) is 10.1. The minimum absolute atomic E-state index is 0.0389. The van der Waals surface area contributed by atoms with Crippen molar-refractivity contribution < 1.29 is 4.79 Å². The molecule has 0 bridgehead atoms. The Kier molecular flexibility index (Phi) is 3.55. The molecule has 3 nitrogen and oxygen atoms in total. The summed E-state index contributed by atoms with van der Waals surface area (Å²) < 4.78 is 0. The zero-order chi connectivity index (χ0) is 15.0. The molecular formula is C17H16N2OS. The minimum atomic E-state index is 0.0389. The lowest BCUT2D eigenvalue weighted by molar-refractivity contribution is 0.103. The fourth-order valence-electron chi connectivity index (χ4n) is 2.51. The maximum atomic E-state index is 12.8. The van der Waals surface area contributed by atoms with Crippen molar-refractivity contribution in [3.63, 3.8) is 0 Å². The maximum absolute atomic E-state index is 12.8. The van der Waals surface area contributed by atoms with Gasteiger partial charge in [0.25, 0.3) is 0 Å². The van der Waals surface area contributed by atoms with Crippen LogP contribution in [0.25, 0.3) is 10.9 Å². The van der Waals surface area contributed by atoms with Crippen molar-refractivity contribution in [3.05, 3.63) is 59.0 Å². The number of pyridine rings is 1. The number of nitrogens with zero attached hydrogens (tertiary/aromatic N) is 1. The second kappa shape index (κ2) is 5.37. The van der Waals surface area contributed by atoms with E-state index in [4.69, 9.17) is 0 Å². The molecule has 0 aliphatic heterocycles. The Labute approximate surface area is 127 Å². The van der Waals surface area contributed by atoms with Crippen molar-refractivity contribution in [1.29, 1.82) is 0 Å². The first kappa shape index (κ1) is 13.9. The Hall–Kier alpha value is -2.07. The normalized spacial score (nSPS) is 11.0. The van der Waals surface area contributed by atoms with E-state index in [0.29, 0.717) is 5.56 Å². The van der Waals surface area contributed by atoms with E-state index in [1.54, 1.807) is 18.0 Å². The summed E-state index contributed by atoms with van der Waals surface area (Å²) in [5, 5.41) is 0.886. The van der Waals surface area contributed by atoms with Crippen LogP contribution in [0.3, 0.4) is 0 Å². The van der Waals surface area contributed by atoms with Crippen molar-refractivity contribution >= 4 is 28.4 Å². The quantitative estimate of drug-likeness (QED) is 0.584. The molecule has 0 aliphatic carbocycles. The lowest BCUT2D eigenvalue weighted by atomic mass is 10.0. The number of H-pyrrole nitrogens is 1. The largest absolute Gasteiger partial charge is 0.358 e. The van der Waals surface area contributed by atoms with E-state index < -0.39 is 0 Å². The van der Waals surface area contributed by atoms with Gasteiger partial charge in [0, 0.05) is 38.9 Å². The molecule has 0 unspecified atom stereocenters. The molecule has 0 aliphatic rings. The highest BCUT2D eigenvalue weighted by molar-refractivity contribution is 7.98. The molecule has 3 rings (SSSR count). The van der Waals surface area contributed by atoms with E-state index in [9.17, 15) is 4.79 Å². The average molecular weight is 296 g/mol. The first-order valence-electron chi connectivity index (χ1n) is 6.74. The van der Waals surface area contributed by atoms with Crippen LogP contribution in [0.2, 0.25) is 0 Å². The number of aryl methyl sites for hydroxylation is 2. The van der Waals surface area contributed by atoms with Gasteiger partial charge in [-0.2, -0.15) is 0 Å². The Bertz CT molecular complexity index is 819. The third-order valence-electron chi connectivity index (χ3n) is 3.59. The van der Waals surface area contributed by atoms with Crippen LogP contribution in [0.1, 0.15) is 27.3 Å². The molecule has 1 aromatic carbocycles. The summed E-state index contributed by atoms with van der Waals surface area (Å²) in [6.45, 7) is 3.87. The molecule has 1 N–H and O–H groups in total. The number of aromatic nitrogens is 2. The molecule has 0 radical (unpaired) electrons. The Balaban J connectivity index is 2.10. The van der Waals surface area contributed by atoms with E-state index in [2.05, 4.69) is 9.97 Å². The van der Waals surface area contributed by atoms with Gasteiger partial charge in [0.1, 0.15) is 0 Å². The molecule has 0 amide bonds. The number of aromatic amines is 1. The van der Waals surface area contributed by atoms with Crippen molar-refractivity contribution in [2.45, 2.75) is 18.7 Å². The highest BCUT2D eigenvalue weighted by atomic mass is 32.2. The lowest BCUT2D eigenvalue weighted by Crippen LogP contribution is -2.02. The van der Waals surface area contributed by atoms with Crippen molar-refractivity contribution in [2.24, 2.45) is 0 Å². The number of carbonyl (C=O) groups is 1. The summed E-state index contributed by atoms with van der Waals surface area (Å²) in [4.78, 5) is 21.5. The highest BCUT2D eigenvalue weighted by Crippen LogP contribution is 2.25. The summed E-state index contributed by atoms with van der Waals surface area (Å²) in [5.41, 5.74) is 4.21. The highest BCUT2D eigenvalue weighted by Gasteiger charge is 2.18. The van der Waals surface area contributed by atoms with Gasteiger partial charge in [-0.1, -0.05) is 0 Å². The van der Waals surface area contributed by atoms with Crippen LogP contribution in [0.15, 0.2) is 41.4 Å². The predicted octanol–water partition coefficient (Wildman–Crippen LogP) is 4.13. The lowest BCUT2D eigenvalue weighted by Gasteiger charge is -2.03. The van der Waals surface area contributed by atoms with Gasteiger partial charge in [-0.3, -0.25) is 9.78 Å². The molecule has 0 saturated carbocycles. The van der Waals surface area contributed by atoms with E-state index in [0.717, 1.165) is 32.7 Å². The SMILES string of the molecule is CSc1ccc(C(=O)c2c(C)[nH]c3cc(C)ncc23)cc1. The third kappa shape index (κ3) is 2.47. The van der Waals surface area contributed by atoms with Gasteiger partial charge >= 0.3 is 0 Å². The summed E-state index contributed by atoms with van der Waals surface area (Å²) in [6, 6.07) is 9.69. The Morgan fingerprint density at radius 3 is 2.57 bits per heavy atom. The molecule has 4 heteroatoms. The number of nitrogens with one attached hydrogen (secondary N) is 1. The van der Waals surface area contributed by atoms with Crippen molar-refractivity contribution in [1.82, 2.24) is 9.97 Å². The summed E-state index contributed by atoms with van der Waals surface area (Å²) in [5.74, 6) is 0.0389. The molecular weight excluding hydrogens is 280 g/mol. The van der Waals surface area contributed by atoms with E-state index in [-0.39, 0.29) is 5.78 Å². The number of fused-ring (bicyclic) bond motifs is 1. The summed E-state index contributed by atoms with van der Waals surface area (Å²) >= 11 is 1.67. The van der Waals surface area contributed by atoms with Gasteiger partial charge in [0.15, 0.2) is 5.78 Å². The van der Waals surface area contributed by atoms with Gasteiger partial charge in [-0.05, 0) is 50.4 Å². The number of benzene rings is 1. The maximum Gasteiger partial charge on any atom is 0.195 e. The van der Waals surface area contributed by atoms with Gasteiger partial charge < -0.3 is 4.98 Å². The molecule has 0 spiro atoms. The molecule has 0 saturated heterocycles. The van der Waals surface area contributed by atoms with Crippen LogP contribution in [0, 0.1) is 13.8 Å². The van der Waals surface area contributed by atoms with E-state index in [1.165, 1.54) is 0 Å². The van der Waals surface area contributed by atoms with Crippen LogP contribution in [-0.2, 0) is 0 Å². The number of carbonyl (C=O) groups excluding carboxylic acids is 1. The Morgan fingerprint density at radius 2 is 1.90 bits per heavy atom. The van der Waals surface area contributed by atoms with Crippen molar-refractivity contribution in [2.75, 3.05) is 6.26 Å². The monoisotopic (exact) mass is 296 g/mol. The number of rotatable bonds is 3. The molecule has 106 valence electrons. The van der Waals surface area contributed by atoms with Gasteiger partial charge in [-0.25, -0.2) is 0 Å². The standard InChI is InChI=1S/C17H16N2OS/c1-10-8-15-14(9-18-10)16(11(2)19-15)17(20)12-4-6-13(21-3)7-5-12/h4-9,19H,1-3H3. The fourth-order valence-corrected chi connectivity index (χ4v) is 2.92. The van der Waals surface area contributed by atoms with Gasteiger partial charge in [0.05, 0.1) is 5.56 Å². The first-order valence-corrected chi connectivity index (χ1v) is 7.96. The molecule has 2 aromatic heterocycles. The Morgan fingerprint density at radius 1 is 1.19 bits per heavy atom. The second-order valence-electron chi connectivity index (χ2n) is 5.05. The number of hydrogen-bond donors (Lipinski definition) is 1. The number of hydrogen-bond acceptors (Lipinski definition) is 3. The summed E-state index contributed by atoms with van der Waals surface area (Å²) in [7, 11) is 0. The van der Waals surface area contributed by atoms with E-state index in [1.807, 2.05) is 50.4 Å². The van der Waals surface area contributed by atoms with Crippen LogP contribution in [-0.4, -0.2) is 22.0 Å². The molecule has 0 atom stereocenters. The molecule has 21 heavy (non-hydrogen) atoms. The average Bonchev–Trinajstić information content (AvgIpc) is 2.81. The molecule has 3 aromatic rings. The summed E-state index contributed by atoms with van der Waals surface area (Å²) in [6.07, 6.45) is 3.80. The molecule has 0 fully saturated rings. The number of ketones is 1. The number of thioether (sulfide) groups is 1. The zero-order valence-electron chi connectivity index (χ0n) is 12.2. The predicted molar refractivity (Wildman–Crippen MR) is 87.2 cm³/mol. The van der Waals surface area contributed by atoms with Crippen LogP contribution < -0.4 is 0 Å².